The number of nitrogens with zero attached hydrogens (tertiary/aromatic N) is 3. The first-order valence-electron chi connectivity index (χ1n) is 8.71. The monoisotopic (exact) mass is 335 g/mol. The topological polar surface area (TPSA) is 21.1 Å². The van der Waals surface area contributed by atoms with Gasteiger partial charge in [-0.25, -0.2) is 4.98 Å². The summed E-state index contributed by atoms with van der Waals surface area (Å²) >= 11 is 1.87. The molecule has 3 nitrogen and oxygen atoms in total. The van der Waals surface area contributed by atoms with Crippen LogP contribution >= 0.6 is 11.3 Å². The summed E-state index contributed by atoms with van der Waals surface area (Å²) in [6.45, 7) is 4.66. The molecule has 2 atom stereocenters. The third-order valence-electron chi connectivity index (χ3n) is 5.48. The van der Waals surface area contributed by atoms with Gasteiger partial charge in [-0.15, -0.1) is 11.3 Å². The second-order valence-electron chi connectivity index (χ2n) is 7.03. The molecule has 0 aliphatic carbocycles. The van der Waals surface area contributed by atoms with Gasteiger partial charge in [0, 0.05) is 37.5 Å². The number of rotatable bonds is 3. The standard InChI is InChI=1S/C20H21N3S/c1-2-5-15(6-3-1)19-10-21-20-9-16-11-22(12-17(16)13-23(19)20)14-18-7-4-8-24-18/h1-8,10,16-17H,9,11-14H2/t16-,17-/m0/s1. The number of aromatic nitrogens is 2. The van der Waals surface area contributed by atoms with E-state index in [1.807, 2.05) is 11.3 Å². The summed E-state index contributed by atoms with van der Waals surface area (Å²) in [5, 5.41) is 2.18. The van der Waals surface area contributed by atoms with Gasteiger partial charge >= 0.3 is 0 Å². The van der Waals surface area contributed by atoms with Gasteiger partial charge in [-0.05, 0) is 28.8 Å². The second-order valence-corrected chi connectivity index (χ2v) is 8.07. The number of thiophene rings is 1. The zero-order valence-corrected chi connectivity index (χ0v) is 14.5. The average Bonchev–Trinajstić information content (AvgIpc) is 3.32. The molecule has 0 radical (unpaired) electrons. The SMILES string of the molecule is c1ccc(-c2cnc3n2C[C@@H]2CN(Cc4cccs4)C[C@@H]2C3)cc1. The van der Waals surface area contributed by atoms with Gasteiger partial charge < -0.3 is 4.57 Å². The molecule has 2 aromatic heterocycles. The van der Waals surface area contributed by atoms with E-state index in [9.17, 15) is 0 Å². The summed E-state index contributed by atoms with van der Waals surface area (Å²) in [7, 11) is 0. The van der Waals surface area contributed by atoms with E-state index in [4.69, 9.17) is 4.98 Å². The highest BCUT2D eigenvalue weighted by Crippen LogP contribution is 2.35. The average molecular weight is 335 g/mol. The maximum Gasteiger partial charge on any atom is 0.109 e. The highest BCUT2D eigenvalue weighted by Gasteiger charge is 2.37. The lowest BCUT2D eigenvalue weighted by Crippen LogP contribution is -2.28. The fraction of sp³-hybridized carbons (Fsp3) is 0.350. The van der Waals surface area contributed by atoms with Crippen LogP contribution in [0.2, 0.25) is 0 Å². The molecule has 0 bridgehead atoms. The zero-order chi connectivity index (χ0) is 15.9. The van der Waals surface area contributed by atoms with Gasteiger partial charge in [-0.2, -0.15) is 0 Å². The van der Waals surface area contributed by atoms with E-state index < -0.39 is 0 Å². The first-order chi connectivity index (χ1) is 11.9. The summed E-state index contributed by atoms with van der Waals surface area (Å²) in [5.41, 5.74) is 2.56. The molecule has 3 aromatic rings. The van der Waals surface area contributed by atoms with Gasteiger partial charge in [0.2, 0.25) is 0 Å². The molecule has 2 aliphatic heterocycles. The van der Waals surface area contributed by atoms with Crippen LogP contribution in [0.4, 0.5) is 0 Å². The number of hydrogen-bond acceptors (Lipinski definition) is 3. The van der Waals surface area contributed by atoms with Crippen LogP contribution in [0, 0.1) is 11.8 Å². The van der Waals surface area contributed by atoms with E-state index >= 15 is 0 Å². The minimum atomic E-state index is 0.758. The summed E-state index contributed by atoms with van der Waals surface area (Å²) in [6.07, 6.45) is 3.19. The van der Waals surface area contributed by atoms with Crippen LogP contribution in [0.25, 0.3) is 11.3 Å². The van der Waals surface area contributed by atoms with Crippen molar-refractivity contribution in [2.24, 2.45) is 11.8 Å². The first kappa shape index (κ1) is 14.4. The lowest BCUT2D eigenvalue weighted by molar-refractivity contribution is 0.308. The predicted octanol–water partition coefficient (Wildman–Crippen LogP) is 3.92. The Morgan fingerprint density at radius 2 is 1.88 bits per heavy atom. The van der Waals surface area contributed by atoms with Crippen LogP contribution in [-0.4, -0.2) is 27.5 Å². The van der Waals surface area contributed by atoms with E-state index in [0.717, 1.165) is 31.3 Å². The predicted molar refractivity (Wildman–Crippen MR) is 97.9 cm³/mol. The molecular weight excluding hydrogens is 314 g/mol. The van der Waals surface area contributed by atoms with Crippen molar-refractivity contribution in [1.82, 2.24) is 14.5 Å². The number of fused-ring (bicyclic) bond motifs is 2. The molecule has 1 fully saturated rings. The molecule has 5 rings (SSSR count). The third kappa shape index (κ3) is 2.50. The molecular formula is C20H21N3S. The van der Waals surface area contributed by atoms with Gasteiger partial charge in [0.1, 0.15) is 5.82 Å². The largest absolute Gasteiger partial charge is 0.328 e. The lowest BCUT2D eigenvalue weighted by Gasteiger charge is -2.27. The smallest absolute Gasteiger partial charge is 0.109 e. The molecule has 122 valence electrons. The Kier molecular flexibility index (Phi) is 3.53. The highest BCUT2D eigenvalue weighted by atomic mass is 32.1. The van der Waals surface area contributed by atoms with Crippen molar-refractivity contribution in [1.29, 1.82) is 0 Å². The molecule has 0 saturated carbocycles. The molecule has 2 aliphatic rings. The maximum atomic E-state index is 4.74. The number of imidazole rings is 1. The molecule has 4 heteroatoms. The van der Waals surface area contributed by atoms with Crippen LogP contribution in [-0.2, 0) is 19.5 Å². The van der Waals surface area contributed by atoms with Gasteiger partial charge in [0.05, 0.1) is 11.9 Å². The molecule has 24 heavy (non-hydrogen) atoms. The van der Waals surface area contributed by atoms with Crippen LogP contribution < -0.4 is 0 Å². The summed E-state index contributed by atoms with van der Waals surface area (Å²) in [6, 6.07) is 15.1. The molecule has 0 unspecified atom stereocenters. The summed E-state index contributed by atoms with van der Waals surface area (Å²) in [4.78, 5) is 8.86. The Labute approximate surface area is 146 Å². The van der Waals surface area contributed by atoms with E-state index in [-0.39, 0.29) is 0 Å². The lowest BCUT2D eigenvalue weighted by atomic mass is 9.89. The van der Waals surface area contributed by atoms with Crippen molar-refractivity contribution in [2.45, 2.75) is 19.5 Å². The summed E-state index contributed by atoms with van der Waals surface area (Å²) in [5.74, 6) is 2.80. The van der Waals surface area contributed by atoms with Crippen LogP contribution in [0.5, 0.6) is 0 Å². The second kappa shape index (κ2) is 5.87. The fourth-order valence-corrected chi connectivity index (χ4v) is 5.06. The van der Waals surface area contributed by atoms with E-state index in [1.54, 1.807) is 0 Å². The van der Waals surface area contributed by atoms with Gasteiger partial charge in [-0.1, -0.05) is 36.4 Å². The quantitative estimate of drug-likeness (QED) is 0.723. The zero-order valence-electron chi connectivity index (χ0n) is 13.6. The van der Waals surface area contributed by atoms with Gasteiger partial charge in [0.15, 0.2) is 0 Å². The van der Waals surface area contributed by atoms with Crippen LogP contribution in [0.15, 0.2) is 54.0 Å². The Morgan fingerprint density at radius 1 is 1.00 bits per heavy atom. The minimum absolute atomic E-state index is 0.758. The molecule has 4 heterocycles. The summed E-state index contributed by atoms with van der Waals surface area (Å²) < 4.78 is 2.46. The van der Waals surface area contributed by atoms with Gasteiger partial charge in [0.25, 0.3) is 0 Å². The number of hydrogen-bond donors (Lipinski definition) is 0. The molecule has 1 saturated heterocycles. The fourth-order valence-electron chi connectivity index (χ4n) is 4.32. The van der Waals surface area contributed by atoms with Gasteiger partial charge in [-0.3, -0.25) is 4.90 Å². The van der Waals surface area contributed by atoms with E-state index in [1.165, 1.54) is 35.0 Å². The number of likely N-dealkylation sites (tertiary alicyclic amines) is 1. The minimum Gasteiger partial charge on any atom is -0.328 e. The molecule has 0 spiro atoms. The van der Waals surface area contributed by atoms with Crippen molar-refractivity contribution < 1.29 is 0 Å². The van der Waals surface area contributed by atoms with Crippen molar-refractivity contribution in [3.8, 4) is 11.3 Å². The molecule has 0 N–H and O–H groups in total. The van der Waals surface area contributed by atoms with Crippen molar-refractivity contribution >= 4 is 11.3 Å². The van der Waals surface area contributed by atoms with Crippen molar-refractivity contribution in [3.05, 3.63) is 64.7 Å². The highest BCUT2D eigenvalue weighted by molar-refractivity contribution is 7.09. The molecule has 0 amide bonds. The normalized spacial score (nSPS) is 23.2. The van der Waals surface area contributed by atoms with Crippen LogP contribution in [0.3, 0.4) is 0 Å². The maximum absolute atomic E-state index is 4.74. The number of benzene rings is 1. The van der Waals surface area contributed by atoms with E-state index in [0.29, 0.717) is 0 Å². The Bertz CT molecular complexity index is 822. The van der Waals surface area contributed by atoms with Crippen molar-refractivity contribution in [3.63, 3.8) is 0 Å². The Hall–Kier alpha value is -1.91. The Balaban J connectivity index is 1.37. The molecule has 1 aromatic carbocycles. The van der Waals surface area contributed by atoms with Crippen LogP contribution in [0.1, 0.15) is 10.7 Å². The van der Waals surface area contributed by atoms with Crippen molar-refractivity contribution in [2.75, 3.05) is 13.1 Å². The first-order valence-corrected chi connectivity index (χ1v) is 9.59. The van der Waals surface area contributed by atoms with E-state index in [2.05, 4.69) is 63.5 Å². The third-order valence-corrected chi connectivity index (χ3v) is 6.34. The Morgan fingerprint density at radius 3 is 2.71 bits per heavy atom.